The number of imidazole rings is 1. The van der Waals surface area contributed by atoms with E-state index < -0.39 is 0 Å². The Kier molecular flexibility index (Phi) is 4.39. The van der Waals surface area contributed by atoms with E-state index in [1.54, 1.807) is 6.07 Å². The predicted molar refractivity (Wildman–Crippen MR) is 99.1 cm³/mol. The molecule has 0 spiro atoms. The number of rotatable bonds is 3. The van der Waals surface area contributed by atoms with E-state index in [2.05, 4.69) is 19.9 Å². The first-order chi connectivity index (χ1) is 12.7. The van der Waals surface area contributed by atoms with E-state index in [1.807, 2.05) is 30.3 Å². The molecule has 1 aromatic carbocycles. The standard InChI is InChI=1S/C20H20N4O2/c25-16-11-7-12-21-18(16)23-20(26)17-15-10-5-2-6-13-24(15)19(22-17)14-8-3-1-4-9-14/h1,3-4,7-9,11-12,25H,2,5-6,10,13H2,(H,21,23,26). The van der Waals surface area contributed by atoms with Gasteiger partial charge in [-0.15, -0.1) is 0 Å². The van der Waals surface area contributed by atoms with E-state index in [-0.39, 0.29) is 17.5 Å². The highest BCUT2D eigenvalue weighted by molar-refractivity contribution is 6.04. The van der Waals surface area contributed by atoms with Gasteiger partial charge in [-0.1, -0.05) is 36.8 Å². The van der Waals surface area contributed by atoms with Gasteiger partial charge in [-0.25, -0.2) is 9.97 Å². The van der Waals surface area contributed by atoms with E-state index >= 15 is 0 Å². The fraction of sp³-hybridized carbons (Fsp3) is 0.250. The van der Waals surface area contributed by atoms with Gasteiger partial charge in [0.2, 0.25) is 0 Å². The number of amides is 1. The van der Waals surface area contributed by atoms with Crippen LogP contribution in [0.3, 0.4) is 0 Å². The molecule has 6 heteroatoms. The Morgan fingerprint density at radius 3 is 2.73 bits per heavy atom. The number of carbonyl (C=O) groups is 1. The molecular formula is C20H20N4O2. The zero-order chi connectivity index (χ0) is 17.9. The van der Waals surface area contributed by atoms with Crippen molar-refractivity contribution in [1.29, 1.82) is 0 Å². The summed E-state index contributed by atoms with van der Waals surface area (Å²) in [7, 11) is 0. The van der Waals surface area contributed by atoms with Crippen molar-refractivity contribution in [2.24, 2.45) is 0 Å². The van der Waals surface area contributed by atoms with Crippen LogP contribution in [0.4, 0.5) is 5.82 Å². The first-order valence-corrected chi connectivity index (χ1v) is 8.84. The molecule has 2 N–H and O–H groups in total. The van der Waals surface area contributed by atoms with E-state index in [0.717, 1.165) is 49.3 Å². The van der Waals surface area contributed by atoms with Gasteiger partial charge in [0.15, 0.2) is 11.6 Å². The second kappa shape index (κ2) is 7.00. The maximum Gasteiger partial charge on any atom is 0.277 e. The molecule has 1 aliphatic heterocycles. The molecular weight excluding hydrogens is 328 g/mol. The van der Waals surface area contributed by atoms with Gasteiger partial charge in [0.1, 0.15) is 11.5 Å². The minimum atomic E-state index is -0.341. The van der Waals surface area contributed by atoms with Gasteiger partial charge in [-0.3, -0.25) is 4.79 Å². The SMILES string of the molecule is O=C(Nc1ncccc1O)c1nc(-c2ccccc2)n2c1CCCCC2. The quantitative estimate of drug-likeness (QED) is 0.757. The first-order valence-electron chi connectivity index (χ1n) is 8.84. The van der Waals surface area contributed by atoms with Crippen molar-refractivity contribution in [3.63, 3.8) is 0 Å². The Bertz CT molecular complexity index is 934. The van der Waals surface area contributed by atoms with E-state index in [4.69, 9.17) is 0 Å². The fourth-order valence-electron chi connectivity index (χ4n) is 3.37. The molecule has 0 atom stereocenters. The topological polar surface area (TPSA) is 80.0 Å². The number of carbonyl (C=O) groups excluding carboxylic acids is 1. The minimum absolute atomic E-state index is 0.0607. The highest BCUT2D eigenvalue weighted by Crippen LogP contribution is 2.28. The lowest BCUT2D eigenvalue weighted by Gasteiger charge is -2.09. The summed E-state index contributed by atoms with van der Waals surface area (Å²) in [5, 5.41) is 12.6. The molecule has 0 unspecified atom stereocenters. The Morgan fingerprint density at radius 2 is 1.92 bits per heavy atom. The third-order valence-electron chi connectivity index (χ3n) is 4.63. The lowest BCUT2D eigenvalue weighted by atomic mass is 10.1. The van der Waals surface area contributed by atoms with Crippen molar-refractivity contribution in [3.05, 3.63) is 60.0 Å². The monoisotopic (exact) mass is 348 g/mol. The van der Waals surface area contributed by atoms with Crippen LogP contribution in [-0.4, -0.2) is 25.5 Å². The summed E-state index contributed by atoms with van der Waals surface area (Å²) in [6, 6.07) is 13.0. The van der Waals surface area contributed by atoms with E-state index in [9.17, 15) is 9.90 Å². The molecule has 0 saturated carbocycles. The maximum atomic E-state index is 12.9. The van der Waals surface area contributed by atoms with Gasteiger partial charge in [0.25, 0.3) is 5.91 Å². The average molecular weight is 348 g/mol. The summed E-state index contributed by atoms with van der Waals surface area (Å²) in [5.74, 6) is 0.563. The Labute approximate surface area is 151 Å². The van der Waals surface area contributed by atoms with Gasteiger partial charge in [-0.2, -0.15) is 0 Å². The van der Waals surface area contributed by atoms with Crippen LogP contribution >= 0.6 is 0 Å². The average Bonchev–Trinajstić information content (AvgIpc) is 2.86. The smallest absolute Gasteiger partial charge is 0.277 e. The summed E-state index contributed by atoms with van der Waals surface area (Å²) in [6.45, 7) is 0.856. The molecule has 0 aliphatic carbocycles. The van der Waals surface area contributed by atoms with Gasteiger partial charge in [-0.05, 0) is 31.4 Å². The van der Waals surface area contributed by atoms with Crippen LogP contribution in [0, 0.1) is 0 Å². The molecule has 0 radical (unpaired) electrons. The number of aromatic hydroxyl groups is 1. The third kappa shape index (κ3) is 3.06. The number of pyridine rings is 1. The van der Waals surface area contributed by atoms with Crippen LogP contribution in [0.2, 0.25) is 0 Å². The molecule has 3 aromatic rings. The maximum absolute atomic E-state index is 12.9. The summed E-state index contributed by atoms with van der Waals surface area (Å²) >= 11 is 0. The number of hydrogen-bond donors (Lipinski definition) is 2. The van der Waals surface area contributed by atoms with Crippen LogP contribution in [-0.2, 0) is 13.0 Å². The van der Waals surface area contributed by atoms with E-state index in [1.165, 1.54) is 12.3 Å². The van der Waals surface area contributed by atoms with Crippen molar-refractivity contribution in [2.75, 3.05) is 5.32 Å². The number of hydrogen-bond acceptors (Lipinski definition) is 4. The molecule has 0 saturated heterocycles. The second-order valence-electron chi connectivity index (χ2n) is 6.38. The largest absolute Gasteiger partial charge is 0.504 e. The molecule has 2 aromatic heterocycles. The number of nitrogens with one attached hydrogen (secondary N) is 1. The number of aromatic nitrogens is 3. The van der Waals surface area contributed by atoms with Crippen molar-refractivity contribution >= 4 is 11.7 Å². The lowest BCUT2D eigenvalue weighted by Crippen LogP contribution is -2.16. The molecule has 3 heterocycles. The summed E-state index contributed by atoms with van der Waals surface area (Å²) in [5.41, 5.74) is 2.36. The lowest BCUT2D eigenvalue weighted by molar-refractivity contribution is 0.102. The van der Waals surface area contributed by atoms with Crippen LogP contribution < -0.4 is 5.32 Å². The molecule has 1 aliphatic rings. The zero-order valence-corrected chi connectivity index (χ0v) is 14.4. The van der Waals surface area contributed by atoms with Crippen molar-refractivity contribution in [2.45, 2.75) is 32.2 Å². The molecule has 26 heavy (non-hydrogen) atoms. The number of anilines is 1. The first kappa shape index (κ1) is 16.3. The number of nitrogens with zero attached hydrogens (tertiary/aromatic N) is 3. The highest BCUT2D eigenvalue weighted by atomic mass is 16.3. The Hall–Kier alpha value is -3.15. The van der Waals surface area contributed by atoms with Gasteiger partial charge in [0.05, 0.1) is 5.69 Å². The summed E-state index contributed by atoms with van der Waals surface area (Å²) in [6.07, 6.45) is 5.59. The summed E-state index contributed by atoms with van der Waals surface area (Å²) < 4.78 is 2.16. The Morgan fingerprint density at radius 1 is 1.08 bits per heavy atom. The van der Waals surface area contributed by atoms with Crippen LogP contribution in [0.15, 0.2) is 48.7 Å². The fourth-order valence-corrected chi connectivity index (χ4v) is 3.37. The normalized spacial score (nSPS) is 13.7. The van der Waals surface area contributed by atoms with Gasteiger partial charge in [0, 0.05) is 18.3 Å². The zero-order valence-electron chi connectivity index (χ0n) is 14.4. The van der Waals surface area contributed by atoms with Crippen LogP contribution in [0.1, 0.15) is 35.4 Å². The molecule has 1 amide bonds. The van der Waals surface area contributed by atoms with Crippen LogP contribution in [0.25, 0.3) is 11.4 Å². The molecule has 6 nitrogen and oxygen atoms in total. The van der Waals surface area contributed by atoms with Crippen molar-refractivity contribution in [1.82, 2.24) is 14.5 Å². The minimum Gasteiger partial charge on any atom is -0.504 e. The van der Waals surface area contributed by atoms with Gasteiger partial charge >= 0.3 is 0 Å². The highest BCUT2D eigenvalue weighted by Gasteiger charge is 2.24. The second-order valence-corrected chi connectivity index (χ2v) is 6.38. The molecule has 0 bridgehead atoms. The van der Waals surface area contributed by atoms with Gasteiger partial charge < -0.3 is 15.0 Å². The van der Waals surface area contributed by atoms with Crippen molar-refractivity contribution in [3.8, 4) is 17.1 Å². The molecule has 132 valence electrons. The van der Waals surface area contributed by atoms with Crippen LogP contribution in [0.5, 0.6) is 5.75 Å². The summed E-state index contributed by atoms with van der Waals surface area (Å²) in [4.78, 5) is 21.6. The van der Waals surface area contributed by atoms with Crippen molar-refractivity contribution < 1.29 is 9.90 Å². The third-order valence-corrected chi connectivity index (χ3v) is 4.63. The predicted octanol–water partition coefficient (Wildman–Crippen LogP) is 3.63. The molecule has 0 fully saturated rings. The Balaban J connectivity index is 1.75. The number of fused-ring (bicyclic) bond motifs is 1. The number of benzene rings is 1. The van der Waals surface area contributed by atoms with E-state index in [0.29, 0.717) is 5.69 Å². The molecule has 4 rings (SSSR count).